The molecular formula is C28H30N4O2S. The normalized spacial score (nSPS) is 14.0. The maximum absolute atomic E-state index is 13.3. The van der Waals surface area contributed by atoms with Gasteiger partial charge in [0.1, 0.15) is 4.83 Å². The first-order valence-electron chi connectivity index (χ1n) is 12.0. The zero-order valence-electron chi connectivity index (χ0n) is 20.5. The number of hydrogen-bond donors (Lipinski definition) is 0. The molecule has 6 nitrogen and oxygen atoms in total. The van der Waals surface area contributed by atoms with E-state index in [1.54, 1.807) is 10.9 Å². The summed E-state index contributed by atoms with van der Waals surface area (Å²) in [5, 5.41) is 2.63. The van der Waals surface area contributed by atoms with Gasteiger partial charge in [-0.3, -0.25) is 14.2 Å². The van der Waals surface area contributed by atoms with E-state index >= 15 is 0 Å². The average Bonchev–Trinajstić information content (AvgIpc) is 3.31. The van der Waals surface area contributed by atoms with Crippen LogP contribution in [0.4, 0.5) is 5.69 Å². The zero-order valence-corrected chi connectivity index (χ0v) is 21.3. The lowest BCUT2D eigenvalue weighted by molar-refractivity contribution is -0.131. The van der Waals surface area contributed by atoms with Crippen LogP contribution in [0.1, 0.15) is 23.1 Å². The molecule has 7 heteroatoms. The van der Waals surface area contributed by atoms with Crippen molar-refractivity contribution in [1.29, 1.82) is 0 Å². The second kappa shape index (κ2) is 9.66. The highest BCUT2D eigenvalue weighted by molar-refractivity contribution is 7.17. The number of aromatic nitrogens is 2. The number of fused-ring (bicyclic) bond motifs is 1. The molecule has 180 valence electrons. The number of rotatable bonds is 5. The third kappa shape index (κ3) is 4.60. The maximum atomic E-state index is 13.3. The SMILES string of the molecule is Cc1ccc(-c2csc3ncn(CCC(=O)N4CCN(c5cccc(C)c5C)CC4)c(=O)c23)cc1. The van der Waals surface area contributed by atoms with Crippen molar-refractivity contribution in [2.45, 2.75) is 33.7 Å². The molecule has 0 unspecified atom stereocenters. The average molecular weight is 487 g/mol. The molecule has 0 aliphatic carbocycles. The highest BCUT2D eigenvalue weighted by atomic mass is 32.1. The molecule has 1 saturated heterocycles. The predicted molar refractivity (Wildman–Crippen MR) is 143 cm³/mol. The van der Waals surface area contributed by atoms with E-state index in [1.165, 1.54) is 33.7 Å². The van der Waals surface area contributed by atoms with E-state index in [2.05, 4.69) is 41.9 Å². The second-order valence-corrected chi connectivity index (χ2v) is 10.1. The van der Waals surface area contributed by atoms with Gasteiger partial charge >= 0.3 is 0 Å². The van der Waals surface area contributed by atoms with Gasteiger partial charge in [0.25, 0.3) is 5.56 Å². The Bertz CT molecular complexity index is 1430. The minimum atomic E-state index is -0.0839. The van der Waals surface area contributed by atoms with Crippen molar-refractivity contribution < 1.29 is 4.79 Å². The lowest BCUT2D eigenvalue weighted by Crippen LogP contribution is -2.49. The second-order valence-electron chi connectivity index (χ2n) is 9.28. The van der Waals surface area contributed by atoms with E-state index < -0.39 is 0 Å². The van der Waals surface area contributed by atoms with E-state index in [0.29, 0.717) is 31.4 Å². The summed E-state index contributed by atoms with van der Waals surface area (Å²) >= 11 is 1.48. The fraction of sp³-hybridized carbons (Fsp3) is 0.321. The van der Waals surface area contributed by atoms with Gasteiger partial charge in [0.2, 0.25) is 5.91 Å². The van der Waals surface area contributed by atoms with E-state index in [1.807, 2.05) is 41.5 Å². The molecule has 2 aromatic heterocycles. The molecular weight excluding hydrogens is 456 g/mol. The number of hydrogen-bond acceptors (Lipinski definition) is 5. The number of benzene rings is 2. The third-order valence-corrected chi connectivity index (χ3v) is 7.93. The van der Waals surface area contributed by atoms with Crippen LogP contribution >= 0.6 is 11.3 Å². The Labute approximate surface area is 209 Å². The maximum Gasteiger partial charge on any atom is 0.262 e. The van der Waals surface area contributed by atoms with Gasteiger partial charge in [-0.2, -0.15) is 0 Å². The van der Waals surface area contributed by atoms with Crippen LogP contribution in [0.2, 0.25) is 0 Å². The molecule has 0 radical (unpaired) electrons. The molecule has 1 fully saturated rings. The van der Waals surface area contributed by atoms with Crippen molar-refractivity contribution in [1.82, 2.24) is 14.5 Å². The Morgan fingerprint density at radius 1 is 1.00 bits per heavy atom. The monoisotopic (exact) mass is 486 g/mol. The van der Waals surface area contributed by atoms with Crippen LogP contribution in [0.25, 0.3) is 21.3 Å². The van der Waals surface area contributed by atoms with Crippen LogP contribution < -0.4 is 10.5 Å². The molecule has 1 amide bonds. The molecule has 1 aliphatic rings. The van der Waals surface area contributed by atoms with E-state index in [4.69, 9.17) is 0 Å². The van der Waals surface area contributed by atoms with Gasteiger partial charge in [0.05, 0.1) is 11.7 Å². The minimum Gasteiger partial charge on any atom is -0.368 e. The van der Waals surface area contributed by atoms with E-state index in [0.717, 1.165) is 29.0 Å². The van der Waals surface area contributed by atoms with Gasteiger partial charge < -0.3 is 9.80 Å². The lowest BCUT2D eigenvalue weighted by atomic mass is 10.1. The van der Waals surface area contributed by atoms with Crippen LogP contribution in [0.15, 0.2) is 59.0 Å². The molecule has 4 aromatic rings. The van der Waals surface area contributed by atoms with Gasteiger partial charge in [0, 0.05) is 55.8 Å². The summed E-state index contributed by atoms with van der Waals surface area (Å²) in [6, 6.07) is 14.6. The van der Waals surface area contributed by atoms with E-state index in [9.17, 15) is 9.59 Å². The Morgan fingerprint density at radius 2 is 1.74 bits per heavy atom. The molecule has 2 aromatic carbocycles. The molecule has 35 heavy (non-hydrogen) atoms. The molecule has 0 saturated carbocycles. The fourth-order valence-corrected chi connectivity index (χ4v) is 5.63. The number of anilines is 1. The molecule has 0 bridgehead atoms. The van der Waals surface area contributed by atoms with Crippen molar-refractivity contribution in [2.24, 2.45) is 0 Å². The molecule has 0 atom stereocenters. The standard InChI is InChI=1S/C28H30N4O2S/c1-19-7-9-22(10-8-19)23-17-35-27-26(23)28(34)32(18-29-27)12-11-25(33)31-15-13-30(14-16-31)24-6-4-5-20(2)21(24)3/h4-10,17-18H,11-16H2,1-3H3. The summed E-state index contributed by atoms with van der Waals surface area (Å²) in [6.45, 7) is 9.69. The smallest absolute Gasteiger partial charge is 0.262 e. The highest BCUT2D eigenvalue weighted by Gasteiger charge is 2.22. The van der Waals surface area contributed by atoms with E-state index in [-0.39, 0.29) is 11.5 Å². The Balaban J connectivity index is 1.26. The highest BCUT2D eigenvalue weighted by Crippen LogP contribution is 2.30. The number of carbonyl (C=O) groups is 1. The first-order chi connectivity index (χ1) is 16.9. The van der Waals surface area contributed by atoms with Crippen LogP contribution in [0.3, 0.4) is 0 Å². The van der Waals surface area contributed by atoms with Crippen molar-refractivity contribution in [3.63, 3.8) is 0 Å². The largest absolute Gasteiger partial charge is 0.368 e. The van der Waals surface area contributed by atoms with Gasteiger partial charge in [-0.1, -0.05) is 42.0 Å². The van der Waals surface area contributed by atoms with Gasteiger partial charge in [-0.05, 0) is 43.5 Å². The first-order valence-corrected chi connectivity index (χ1v) is 12.9. The van der Waals surface area contributed by atoms with Crippen LogP contribution in [0.5, 0.6) is 0 Å². The lowest BCUT2D eigenvalue weighted by Gasteiger charge is -2.37. The number of nitrogens with zero attached hydrogens (tertiary/aromatic N) is 4. The molecule has 0 N–H and O–H groups in total. The number of thiophene rings is 1. The zero-order chi connectivity index (χ0) is 24.5. The first kappa shape index (κ1) is 23.3. The summed E-state index contributed by atoms with van der Waals surface area (Å²) in [6.07, 6.45) is 1.87. The Kier molecular flexibility index (Phi) is 6.43. The molecule has 5 rings (SSSR count). The van der Waals surface area contributed by atoms with Crippen LogP contribution in [-0.4, -0.2) is 46.5 Å². The van der Waals surface area contributed by atoms with Gasteiger partial charge in [-0.25, -0.2) is 4.98 Å². The summed E-state index contributed by atoms with van der Waals surface area (Å²) in [5.41, 5.74) is 6.85. The Morgan fingerprint density at radius 3 is 2.49 bits per heavy atom. The summed E-state index contributed by atoms with van der Waals surface area (Å²) < 4.78 is 1.58. The number of carbonyl (C=O) groups excluding carboxylic acids is 1. The fourth-order valence-electron chi connectivity index (χ4n) is 4.72. The number of aryl methyl sites for hydroxylation is 3. The van der Waals surface area contributed by atoms with Crippen molar-refractivity contribution >= 4 is 33.1 Å². The van der Waals surface area contributed by atoms with Gasteiger partial charge in [0.15, 0.2) is 0 Å². The predicted octanol–water partition coefficient (Wildman–Crippen LogP) is 4.79. The van der Waals surface area contributed by atoms with Crippen molar-refractivity contribution in [2.75, 3.05) is 31.1 Å². The summed E-state index contributed by atoms with van der Waals surface area (Å²) in [7, 11) is 0. The third-order valence-electron chi connectivity index (χ3n) is 7.04. The number of piperazine rings is 1. The molecule has 0 spiro atoms. The molecule has 1 aliphatic heterocycles. The van der Waals surface area contributed by atoms with Crippen molar-refractivity contribution in [3.05, 3.63) is 81.2 Å². The molecule has 3 heterocycles. The summed E-state index contributed by atoms with van der Waals surface area (Å²) in [4.78, 5) is 35.8. The topological polar surface area (TPSA) is 58.4 Å². The van der Waals surface area contributed by atoms with Crippen LogP contribution in [-0.2, 0) is 11.3 Å². The summed E-state index contributed by atoms with van der Waals surface area (Å²) in [5.74, 6) is 0.0849. The van der Waals surface area contributed by atoms with Crippen molar-refractivity contribution in [3.8, 4) is 11.1 Å². The Hall–Kier alpha value is -3.45. The quantitative estimate of drug-likeness (QED) is 0.407. The minimum absolute atomic E-state index is 0.0839. The number of amides is 1. The van der Waals surface area contributed by atoms with Crippen LogP contribution in [0, 0.1) is 20.8 Å². The van der Waals surface area contributed by atoms with Gasteiger partial charge in [-0.15, -0.1) is 11.3 Å².